The lowest BCUT2D eigenvalue weighted by atomic mass is 10.1. The Kier molecular flexibility index (Phi) is 6.84. The zero-order chi connectivity index (χ0) is 18.9. The average Bonchev–Trinajstić information content (AvgIpc) is 3.14. The third-order valence-corrected chi connectivity index (χ3v) is 3.77. The van der Waals surface area contributed by atoms with Crippen molar-refractivity contribution in [2.75, 3.05) is 13.7 Å². The zero-order valence-corrected chi connectivity index (χ0v) is 14.4. The summed E-state index contributed by atoms with van der Waals surface area (Å²) in [6.45, 7) is 0.492. The van der Waals surface area contributed by atoms with Crippen LogP contribution >= 0.6 is 0 Å². The number of hydrogen-bond donors (Lipinski definition) is 2. The number of nitrogens with zero attached hydrogens (tertiary/aromatic N) is 2. The Morgan fingerprint density at radius 3 is 2.62 bits per heavy atom. The second-order valence-corrected chi connectivity index (χ2v) is 5.61. The number of esters is 1. The molecule has 0 fully saturated rings. The van der Waals surface area contributed by atoms with E-state index in [1.165, 1.54) is 19.2 Å². The van der Waals surface area contributed by atoms with E-state index < -0.39 is 4.92 Å². The summed E-state index contributed by atoms with van der Waals surface area (Å²) in [5, 5.41) is 20.2. The molecule has 138 valence electrons. The minimum atomic E-state index is -0.474. The van der Waals surface area contributed by atoms with Gasteiger partial charge in [-0.2, -0.15) is 5.10 Å². The van der Waals surface area contributed by atoms with Crippen LogP contribution in [0.3, 0.4) is 0 Å². The fraction of sp³-hybridized carbons (Fsp3) is 0.353. The van der Waals surface area contributed by atoms with E-state index in [1.807, 2.05) is 0 Å². The van der Waals surface area contributed by atoms with Crippen molar-refractivity contribution in [3.05, 3.63) is 46.1 Å². The number of benzene rings is 1. The summed E-state index contributed by atoms with van der Waals surface area (Å²) in [7, 11) is 1.36. The molecule has 0 radical (unpaired) electrons. The number of non-ortho nitro benzene ring substituents is 1. The van der Waals surface area contributed by atoms with Crippen molar-refractivity contribution in [2.45, 2.75) is 25.7 Å². The van der Waals surface area contributed by atoms with E-state index in [0.29, 0.717) is 29.9 Å². The first-order valence-electron chi connectivity index (χ1n) is 8.16. The van der Waals surface area contributed by atoms with Crippen LogP contribution in [0, 0.1) is 10.1 Å². The molecule has 0 aliphatic carbocycles. The van der Waals surface area contributed by atoms with E-state index in [4.69, 9.17) is 0 Å². The normalized spacial score (nSPS) is 10.3. The fourth-order valence-corrected chi connectivity index (χ4v) is 2.31. The van der Waals surface area contributed by atoms with Gasteiger partial charge in [0.1, 0.15) is 5.69 Å². The van der Waals surface area contributed by atoms with Crippen molar-refractivity contribution in [1.29, 1.82) is 0 Å². The highest BCUT2D eigenvalue weighted by molar-refractivity contribution is 5.93. The summed E-state index contributed by atoms with van der Waals surface area (Å²) in [6.07, 6.45) is 2.67. The highest BCUT2D eigenvalue weighted by Crippen LogP contribution is 2.21. The van der Waals surface area contributed by atoms with Gasteiger partial charge in [-0.05, 0) is 31.0 Å². The number of hydrogen-bond acceptors (Lipinski definition) is 6. The van der Waals surface area contributed by atoms with Crippen molar-refractivity contribution in [2.24, 2.45) is 0 Å². The Bertz CT molecular complexity index is 770. The lowest BCUT2D eigenvalue weighted by Crippen LogP contribution is -2.24. The molecule has 0 atom stereocenters. The largest absolute Gasteiger partial charge is 0.469 e. The molecule has 0 saturated heterocycles. The van der Waals surface area contributed by atoms with Crippen LogP contribution in [0.25, 0.3) is 11.3 Å². The number of nitrogens with one attached hydrogen (secondary N) is 2. The molecule has 0 aliphatic rings. The molecule has 1 aromatic heterocycles. The number of amides is 1. The van der Waals surface area contributed by atoms with Crippen molar-refractivity contribution >= 4 is 17.6 Å². The second kappa shape index (κ2) is 9.30. The first kappa shape index (κ1) is 19.1. The number of nitro groups is 1. The Morgan fingerprint density at radius 2 is 1.96 bits per heavy atom. The first-order valence-corrected chi connectivity index (χ1v) is 8.16. The molecule has 9 nitrogen and oxygen atoms in total. The van der Waals surface area contributed by atoms with Gasteiger partial charge in [0.05, 0.1) is 17.7 Å². The average molecular weight is 360 g/mol. The molecule has 1 heterocycles. The number of methoxy groups -OCH3 is 1. The summed E-state index contributed by atoms with van der Waals surface area (Å²) in [4.78, 5) is 33.2. The maximum Gasteiger partial charge on any atom is 0.305 e. The van der Waals surface area contributed by atoms with Crippen LogP contribution in [-0.4, -0.2) is 40.7 Å². The molecule has 2 N–H and O–H groups in total. The molecule has 9 heteroatoms. The number of unbranched alkanes of at least 4 members (excludes halogenated alkanes) is 2. The minimum absolute atomic E-state index is 0.00514. The standard InChI is InChI=1S/C17H20N4O5/c1-26-16(22)5-3-2-4-10-18-17(23)15-11-14(19-20-15)12-6-8-13(9-7-12)21(24)25/h6-9,11H,2-5,10H2,1H3,(H,18,23)(H,19,20). The summed E-state index contributed by atoms with van der Waals surface area (Å²) in [5.41, 5.74) is 1.51. The van der Waals surface area contributed by atoms with E-state index in [2.05, 4.69) is 20.3 Å². The number of ether oxygens (including phenoxy) is 1. The van der Waals surface area contributed by atoms with Crippen molar-refractivity contribution in [1.82, 2.24) is 15.5 Å². The Morgan fingerprint density at radius 1 is 1.23 bits per heavy atom. The summed E-state index contributed by atoms with van der Waals surface area (Å²) in [6, 6.07) is 7.53. The van der Waals surface area contributed by atoms with Crippen molar-refractivity contribution < 1.29 is 19.2 Å². The number of nitro benzene ring substituents is 1. The highest BCUT2D eigenvalue weighted by Gasteiger charge is 2.12. The van der Waals surface area contributed by atoms with Gasteiger partial charge in [0.15, 0.2) is 0 Å². The van der Waals surface area contributed by atoms with Gasteiger partial charge in [-0.25, -0.2) is 0 Å². The molecule has 0 bridgehead atoms. The molecule has 2 aromatic rings. The number of H-pyrrole nitrogens is 1. The third-order valence-electron chi connectivity index (χ3n) is 3.77. The number of aromatic amines is 1. The van der Waals surface area contributed by atoms with Crippen molar-refractivity contribution in [3.8, 4) is 11.3 Å². The van der Waals surface area contributed by atoms with Gasteiger partial charge >= 0.3 is 5.97 Å². The number of rotatable bonds is 9. The highest BCUT2D eigenvalue weighted by atomic mass is 16.6. The molecule has 0 aliphatic heterocycles. The predicted molar refractivity (Wildman–Crippen MR) is 93.5 cm³/mol. The number of carbonyl (C=O) groups is 2. The number of carbonyl (C=O) groups excluding carboxylic acids is 2. The van der Waals surface area contributed by atoms with Crippen LogP contribution in [0.5, 0.6) is 0 Å². The first-order chi connectivity index (χ1) is 12.5. The molecular weight excluding hydrogens is 340 g/mol. The van der Waals surface area contributed by atoms with Crippen LogP contribution < -0.4 is 5.32 Å². The maximum atomic E-state index is 12.1. The fourth-order valence-electron chi connectivity index (χ4n) is 2.31. The van der Waals surface area contributed by atoms with Gasteiger partial charge in [0.25, 0.3) is 11.6 Å². The van der Waals surface area contributed by atoms with Crippen LogP contribution in [0.2, 0.25) is 0 Å². The summed E-state index contributed by atoms with van der Waals surface area (Å²) in [5.74, 6) is -0.510. The van der Waals surface area contributed by atoms with Gasteiger partial charge in [-0.1, -0.05) is 6.42 Å². The van der Waals surface area contributed by atoms with Crippen molar-refractivity contribution in [3.63, 3.8) is 0 Å². The van der Waals surface area contributed by atoms with Crippen LogP contribution in [0.4, 0.5) is 5.69 Å². The lowest BCUT2D eigenvalue weighted by Gasteiger charge is -2.03. The van der Waals surface area contributed by atoms with Crippen LogP contribution in [0.1, 0.15) is 36.2 Å². The smallest absolute Gasteiger partial charge is 0.305 e. The molecule has 1 aromatic carbocycles. The monoisotopic (exact) mass is 360 g/mol. The molecule has 0 saturated carbocycles. The summed E-state index contributed by atoms with van der Waals surface area (Å²) < 4.78 is 4.56. The Hall–Kier alpha value is -3.23. The van der Waals surface area contributed by atoms with Crippen LogP contribution in [0.15, 0.2) is 30.3 Å². The molecule has 0 spiro atoms. The minimum Gasteiger partial charge on any atom is -0.469 e. The zero-order valence-electron chi connectivity index (χ0n) is 14.4. The van der Waals surface area contributed by atoms with E-state index in [0.717, 1.165) is 19.3 Å². The Balaban J connectivity index is 1.80. The van der Waals surface area contributed by atoms with E-state index in [-0.39, 0.29) is 17.6 Å². The lowest BCUT2D eigenvalue weighted by molar-refractivity contribution is -0.384. The third kappa shape index (κ3) is 5.40. The second-order valence-electron chi connectivity index (χ2n) is 5.61. The maximum absolute atomic E-state index is 12.1. The SMILES string of the molecule is COC(=O)CCCCCNC(=O)c1cc(-c2ccc([N+](=O)[O-])cc2)n[nH]1. The number of aromatic nitrogens is 2. The molecule has 2 rings (SSSR count). The Labute approximate surface area is 149 Å². The topological polar surface area (TPSA) is 127 Å². The molecular formula is C17H20N4O5. The quantitative estimate of drug-likeness (QED) is 0.306. The molecule has 1 amide bonds. The van der Waals surface area contributed by atoms with Crippen LogP contribution in [-0.2, 0) is 9.53 Å². The predicted octanol–water partition coefficient (Wildman–Crippen LogP) is 2.45. The van der Waals surface area contributed by atoms with E-state index >= 15 is 0 Å². The van der Waals surface area contributed by atoms with Gasteiger partial charge in [0, 0.05) is 30.7 Å². The van der Waals surface area contributed by atoms with Gasteiger partial charge < -0.3 is 10.1 Å². The van der Waals surface area contributed by atoms with Gasteiger partial charge in [0.2, 0.25) is 0 Å². The molecule has 26 heavy (non-hydrogen) atoms. The summed E-state index contributed by atoms with van der Waals surface area (Å²) >= 11 is 0. The molecule has 0 unspecified atom stereocenters. The van der Waals surface area contributed by atoms with Gasteiger partial charge in [-0.15, -0.1) is 0 Å². The van der Waals surface area contributed by atoms with E-state index in [1.54, 1.807) is 18.2 Å². The van der Waals surface area contributed by atoms with E-state index in [9.17, 15) is 19.7 Å². The van der Waals surface area contributed by atoms with Gasteiger partial charge in [-0.3, -0.25) is 24.8 Å².